The zero-order valence-electron chi connectivity index (χ0n) is 7.85. The van der Waals surface area contributed by atoms with Gasteiger partial charge >= 0.3 is 5.97 Å². The molecule has 0 aliphatic carbocycles. The number of thiol groups is 1. The first-order valence-electron chi connectivity index (χ1n) is 4.19. The smallest absolute Gasteiger partial charge is 0.316 e. The fourth-order valence-electron chi connectivity index (χ4n) is 0.589. The predicted molar refractivity (Wildman–Crippen MR) is 57.1 cm³/mol. The van der Waals surface area contributed by atoms with E-state index in [1.54, 1.807) is 25.1 Å². The molecule has 0 heterocycles. The van der Waals surface area contributed by atoms with Crippen LogP contribution in [0, 0.1) is 5.82 Å². The summed E-state index contributed by atoms with van der Waals surface area (Å²) in [7, 11) is 0. The summed E-state index contributed by atoms with van der Waals surface area (Å²) in [5.74, 6) is -1.02. The average molecular weight is 216 g/mol. The van der Waals surface area contributed by atoms with Gasteiger partial charge in [-0.25, -0.2) is 4.39 Å². The molecule has 0 saturated carbocycles. The molecule has 1 aromatic rings. The number of benzene rings is 1. The van der Waals surface area contributed by atoms with Crippen molar-refractivity contribution in [1.29, 1.82) is 0 Å². The highest BCUT2D eigenvalue weighted by molar-refractivity contribution is 7.81. The van der Waals surface area contributed by atoms with Gasteiger partial charge in [0.1, 0.15) is 5.82 Å². The summed E-state index contributed by atoms with van der Waals surface area (Å²) in [6.07, 6.45) is 0.582. The standard InChI is InChI=1S/C6H5F.C4H8O2S/c7-6-4-2-1-3-5-6;1-2-3(7)4(5)6/h1-5H;3,7H,2H2,1H3,(H,5,6). The highest BCUT2D eigenvalue weighted by Crippen LogP contribution is 1.97. The van der Waals surface area contributed by atoms with Gasteiger partial charge in [-0.3, -0.25) is 4.79 Å². The lowest BCUT2D eigenvalue weighted by Crippen LogP contribution is -2.10. The van der Waals surface area contributed by atoms with Crippen molar-refractivity contribution in [2.24, 2.45) is 0 Å². The number of hydrogen-bond acceptors (Lipinski definition) is 2. The topological polar surface area (TPSA) is 37.3 Å². The molecule has 2 nitrogen and oxygen atoms in total. The predicted octanol–water partition coefficient (Wildman–Crippen LogP) is 2.61. The van der Waals surface area contributed by atoms with E-state index in [1.165, 1.54) is 12.1 Å². The highest BCUT2D eigenvalue weighted by atomic mass is 32.1. The van der Waals surface area contributed by atoms with Crippen LogP contribution in [0.2, 0.25) is 0 Å². The van der Waals surface area contributed by atoms with Crippen molar-refractivity contribution in [3.05, 3.63) is 36.1 Å². The van der Waals surface area contributed by atoms with Gasteiger partial charge in [-0.15, -0.1) is 0 Å². The molecule has 0 aliphatic heterocycles. The minimum atomic E-state index is -0.842. The molecule has 1 unspecified atom stereocenters. The molecule has 0 bridgehead atoms. The SMILES string of the molecule is CCC(S)C(=O)O.Fc1ccccc1. The minimum Gasteiger partial charge on any atom is -0.480 e. The Labute approximate surface area is 88.2 Å². The molecule has 0 saturated heterocycles. The monoisotopic (exact) mass is 216 g/mol. The molecule has 1 atom stereocenters. The Balaban J connectivity index is 0.000000241. The first-order valence-corrected chi connectivity index (χ1v) is 4.71. The zero-order chi connectivity index (χ0) is 11.0. The van der Waals surface area contributed by atoms with Crippen LogP contribution in [0.5, 0.6) is 0 Å². The van der Waals surface area contributed by atoms with Gasteiger partial charge in [-0.2, -0.15) is 12.6 Å². The quantitative estimate of drug-likeness (QED) is 0.746. The Hall–Kier alpha value is -1.03. The van der Waals surface area contributed by atoms with Crippen LogP contribution in [0.1, 0.15) is 13.3 Å². The lowest BCUT2D eigenvalue weighted by atomic mass is 10.3. The van der Waals surface area contributed by atoms with Crippen molar-refractivity contribution in [2.45, 2.75) is 18.6 Å². The number of aliphatic carboxylic acids is 1. The molecule has 14 heavy (non-hydrogen) atoms. The van der Waals surface area contributed by atoms with Gasteiger partial charge in [0.15, 0.2) is 0 Å². The number of hydrogen-bond donors (Lipinski definition) is 2. The molecule has 78 valence electrons. The maximum Gasteiger partial charge on any atom is 0.316 e. The normalized spacial score (nSPS) is 11.1. The van der Waals surface area contributed by atoms with E-state index in [0.29, 0.717) is 6.42 Å². The van der Waals surface area contributed by atoms with Gasteiger partial charge in [0, 0.05) is 0 Å². The second kappa shape index (κ2) is 7.38. The number of carbonyl (C=O) groups is 1. The maximum absolute atomic E-state index is 11.9. The fraction of sp³-hybridized carbons (Fsp3) is 0.300. The van der Waals surface area contributed by atoms with Crippen LogP contribution in [-0.4, -0.2) is 16.3 Å². The van der Waals surface area contributed by atoms with E-state index >= 15 is 0 Å². The Morgan fingerprint density at radius 3 is 2.14 bits per heavy atom. The summed E-state index contributed by atoms with van der Waals surface area (Å²) in [6.45, 7) is 1.78. The van der Waals surface area contributed by atoms with Gasteiger partial charge in [0.2, 0.25) is 0 Å². The average Bonchev–Trinajstić information content (AvgIpc) is 2.18. The minimum absolute atomic E-state index is 0.178. The maximum atomic E-state index is 11.9. The van der Waals surface area contributed by atoms with Crippen LogP contribution in [-0.2, 0) is 4.79 Å². The summed E-state index contributed by atoms with van der Waals surface area (Å²) in [4.78, 5) is 9.85. The highest BCUT2D eigenvalue weighted by Gasteiger charge is 2.06. The van der Waals surface area contributed by atoms with Crippen molar-refractivity contribution in [3.8, 4) is 0 Å². The van der Waals surface area contributed by atoms with Crippen LogP contribution in [0.4, 0.5) is 4.39 Å². The Morgan fingerprint density at radius 1 is 1.50 bits per heavy atom. The van der Waals surface area contributed by atoms with E-state index in [-0.39, 0.29) is 5.82 Å². The van der Waals surface area contributed by atoms with Crippen LogP contribution in [0.15, 0.2) is 30.3 Å². The first-order chi connectivity index (χ1) is 6.57. The van der Waals surface area contributed by atoms with Crippen LogP contribution in [0.3, 0.4) is 0 Å². The molecular weight excluding hydrogens is 203 g/mol. The van der Waals surface area contributed by atoms with Crippen molar-refractivity contribution in [3.63, 3.8) is 0 Å². The Bertz CT molecular complexity index is 264. The lowest BCUT2D eigenvalue weighted by Gasteiger charge is -1.95. The van der Waals surface area contributed by atoms with E-state index in [9.17, 15) is 9.18 Å². The first kappa shape index (κ1) is 13.0. The third-order valence-electron chi connectivity index (χ3n) is 1.40. The van der Waals surface area contributed by atoms with E-state index in [0.717, 1.165) is 0 Å². The molecule has 0 radical (unpaired) electrons. The van der Waals surface area contributed by atoms with Crippen molar-refractivity contribution < 1.29 is 14.3 Å². The summed E-state index contributed by atoms with van der Waals surface area (Å²) >= 11 is 3.73. The van der Waals surface area contributed by atoms with E-state index in [1.807, 2.05) is 0 Å². The molecule has 1 N–H and O–H groups in total. The number of carboxylic acids is 1. The third kappa shape index (κ3) is 6.48. The summed E-state index contributed by atoms with van der Waals surface area (Å²) in [5.41, 5.74) is 0. The van der Waals surface area contributed by atoms with Gasteiger partial charge in [-0.05, 0) is 18.6 Å². The van der Waals surface area contributed by atoms with Gasteiger partial charge in [0.05, 0.1) is 5.25 Å². The van der Waals surface area contributed by atoms with Gasteiger partial charge in [0.25, 0.3) is 0 Å². The van der Waals surface area contributed by atoms with Crippen molar-refractivity contribution in [1.82, 2.24) is 0 Å². The molecule has 0 spiro atoms. The largest absolute Gasteiger partial charge is 0.480 e. The molecule has 0 aliphatic rings. The van der Waals surface area contributed by atoms with Gasteiger partial charge < -0.3 is 5.11 Å². The van der Waals surface area contributed by atoms with Crippen molar-refractivity contribution >= 4 is 18.6 Å². The summed E-state index contributed by atoms with van der Waals surface area (Å²) in [5, 5.41) is 7.62. The molecule has 1 rings (SSSR count). The lowest BCUT2D eigenvalue weighted by molar-refractivity contribution is -0.136. The molecule has 0 amide bonds. The Kier molecular flexibility index (Phi) is 6.84. The van der Waals surface area contributed by atoms with E-state index < -0.39 is 11.2 Å². The second-order valence-electron chi connectivity index (χ2n) is 2.56. The van der Waals surface area contributed by atoms with Gasteiger partial charge in [-0.1, -0.05) is 25.1 Å². The Morgan fingerprint density at radius 2 is 2.00 bits per heavy atom. The van der Waals surface area contributed by atoms with Crippen LogP contribution >= 0.6 is 12.6 Å². The molecule has 0 aromatic heterocycles. The molecule has 1 aromatic carbocycles. The van der Waals surface area contributed by atoms with Crippen LogP contribution < -0.4 is 0 Å². The van der Waals surface area contributed by atoms with E-state index in [4.69, 9.17) is 5.11 Å². The molecular formula is C10H13FO2S. The van der Waals surface area contributed by atoms with Crippen molar-refractivity contribution in [2.75, 3.05) is 0 Å². The van der Waals surface area contributed by atoms with E-state index in [2.05, 4.69) is 12.6 Å². The van der Waals surface area contributed by atoms with Crippen LogP contribution in [0.25, 0.3) is 0 Å². The fourth-order valence-corrected chi connectivity index (χ4v) is 0.589. The number of halogens is 1. The summed E-state index contributed by atoms with van der Waals surface area (Å²) < 4.78 is 11.9. The summed E-state index contributed by atoms with van der Waals surface area (Å²) in [6, 6.07) is 7.94. The second-order valence-corrected chi connectivity index (χ2v) is 3.18. The number of rotatable bonds is 2. The zero-order valence-corrected chi connectivity index (χ0v) is 8.75. The third-order valence-corrected chi connectivity index (χ3v) is 1.99. The molecule has 0 fully saturated rings. The molecule has 4 heteroatoms. The number of carboxylic acid groups (broad SMARTS) is 1.